The van der Waals surface area contributed by atoms with Gasteiger partial charge in [-0.1, -0.05) is 6.07 Å². The largest absolute Gasteiger partial charge is 0.497 e. The minimum Gasteiger partial charge on any atom is -0.497 e. The van der Waals surface area contributed by atoms with E-state index in [1.807, 2.05) is 35.2 Å². The molecule has 0 spiro atoms. The number of carbonyl (C=O) groups is 1. The number of methoxy groups -OCH3 is 1. The highest BCUT2D eigenvalue weighted by Gasteiger charge is 2.29. The van der Waals surface area contributed by atoms with Gasteiger partial charge in [-0.25, -0.2) is 9.97 Å². The molecule has 0 aliphatic carbocycles. The van der Waals surface area contributed by atoms with E-state index in [9.17, 15) is 4.79 Å². The highest BCUT2D eigenvalue weighted by molar-refractivity contribution is 5.94. The van der Waals surface area contributed by atoms with E-state index in [0.29, 0.717) is 49.9 Å². The zero-order valence-corrected chi connectivity index (χ0v) is 18.0. The third-order valence-electron chi connectivity index (χ3n) is 5.89. The van der Waals surface area contributed by atoms with Crippen LogP contribution in [0.5, 0.6) is 5.75 Å². The Morgan fingerprint density at radius 1 is 1.06 bits per heavy atom. The van der Waals surface area contributed by atoms with Crippen molar-refractivity contribution < 1.29 is 14.3 Å². The fourth-order valence-electron chi connectivity index (χ4n) is 4.18. The van der Waals surface area contributed by atoms with Crippen LogP contribution in [0.2, 0.25) is 0 Å². The highest BCUT2D eigenvalue weighted by atomic mass is 16.5. The molecule has 1 amide bonds. The lowest BCUT2D eigenvalue weighted by Gasteiger charge is -2.34. The molecule has 2 aliphatic rings. The van der Waals surface area contributed by atoms with Gasteiger partial charge in [0.15, 0.2) is 5.82 Å². The maximum atomic E-state index is 13.2. The van der Waals surface area contributed by atoms with E-state index in [1.165, 1.54) is 0 Å². The summed E-state index contributed by atoms with van der Waals surface area (Å²) in [4.78, 5) is 31.3. The third-order valence-corrected chi connectivity index (χ3v) is 5.89. The second-order valence-corrected chi connectivity index (χ2v) is 7.84. The molecule has 1 saturated heterocycles. The van der Waals surface area contributed by atoms with Crippen molar-refractivity contribution in [2.45, 2.75) is 13.0 Å². The van der Waals surface area contributed by atoms with Gasteiger partial charge in [0.25, 0.3) is 5.91 Å². The third kappa shape index (κ3) is 4.01. The van der Waals surface area contributed by atoms with Crippen LogP contribution in [-0.2, 0) is 17.7 Å². The van der Waals surface area contributed by atoms with E-state index < -0.39 is 0 Å². The summed E-state index contributed by atoms with van der Waals surface area (Å²) < 4.78 is 10.8. The summed E-state index contributed by atoms with van der Waals surface area (Å²) >= 11 is 0. The van der Waals surface area contributed by atoms with Crippen LogP contribution in [0.1, 0.15) is 21.6 Å². The second-order valence-electron chi connectivity index (χ2n) is 7.84. The molecule has 0 N–H and O–H groups in total. The molecule has 2 aliphatic heterocycles. The maximum Gasteiger partial charge on any atom is 0.254 e. The second kappa shape index (κ2) is 8.92. The first-order valence-electron chi connectivity index (χ1n) is 10.8. The number of anilines is 1. The molecule has 1 fully saturated rings. The number of morpholine rings is 1. The Balaban J connectivity index is 1.50. The zero-order valence-electron chi connectivity index (χ0n) is 18.0. The quantitative estimate of drug-likeness (QED) is 0.628. The van der Waals surface area contributed by atoms with Crippen LogP contribution >= 0.6 is 0 Å². The van der Waals surface area contributed by atoms with Crippen LogP contribution in [0.15, 0.2) is 48.8 Å². The van der Waals surface area contributed by atoms with Crippen LogP contribution in [0, 0.1) is 0 Å². The summed E-state index contributed by atoms with van der Waals surface area (Å²) in [7, 11) is 1.60. The van der Waals surface area contributed by atoms with E-state index in [-0.39, 0.29) is 5.91 Å². The van der Waals surface area contributed by atoms with Gasteiger partial charge in [-0.3, -0.25) is 9.78 Å². The van der Waals surface area contributed by atoms with E-state index in [1.54, 1.807) is 25.6 Å². The van der Waals surface area contributed by atoms with Gasteiger partial charge in [0.05, 0.1) is 32.6 Å². The van der Waals surface area contributed by atoms with Crippen molar-refractivity contribution in [1.82, 2.24) is 19.9 Å². The van der Waals surface area contributed by atoms with Crippen LogP contribution in [-0.4, -0.2) is 65.7 Å². The number of hydrogen-bond donors (Lipinski definition) is 0. The highest BCUT2D eigenvalue weighted by Crippen LogP contribution is 2.31. The number of pyridine rings is 1. The van der Waals surface area contributed by atoms with Gasteiger partial charge in [0, 0.05) is 55.1 Å². The number of aromatic nitrogens is 3. The summed E-state index contributed by atoms with van der Waals surface area (Å²) in [5, 5.41) is 0. The van der Waals surface area contributed by atoms with Gasteiger partial charge in [-0.2, -0.15) is 0 Å². The van der Waals surface area contributed by atoms with Crippen LogP contribution in [0.4, 0.5) is 5.82 Å². The smallest absolute Gasteiger partial charge is 0.254 e. The molecule has 4 heterocycles. The maximum absolute atomic E-state index is 13.2. The van der Waals surface area contributed by atoms with Gasteiger partial charge in [0.1, 0.15) is 11.6 Å². The van der Waals surface area contributed by atoms with Gasteiger partial charge >= 0.3 is 0 Å². The molecule has 0 unspecified atom stereocenters. The molecular formula is C24H25N5O3. The Morgan fingerprint density at radius 2 is 1.88 bits per heavy atom. The Bertz CT molecular complexity index is 1120. The predicted molar refractivity (Wildman–Crippen MR) is 120 cm³/mol. The molecule has 3 aromatic rings. The lowest BCUT2D eigenvalue weighted by Crippen LogP contribution is -2.41. The number of ether oxygens (including phenoxy) is 2. The van der Waals surface area contributed by atoms with E-state index in [4.69, 9.17) is 19.4 Å². The molecule has 32 heavy (non-hydrogen) atoms. The van der Waals surface area contributed by atoms with Crippen LogP contribution in [0.3, 0.4) is 0 Å². The van der Waals surface area contributed by atoms with Gasteiger partial charge in [-0.15, -0.1) is 0 Å². The number of fused-ring (bicyclic) bond motifs is 1. The van der Waals surface area contributed by atoms with Crippen molar-refractivity contribution in [3.05, 3.63) is 65.6 Å². The summed E-state index contributed by atoms with van der Waals surface area (Å²) in [6, 6.07) is 11.1. The van der Waals surface area contributed by atoms with Gasteiger partial charge < -0.3 is 19.3 Å². The summed E-state index contributed by atoms with van der Waals surface area (Å²) in [5.41, 5.74) is 3.58. The molecule has 1 aromatic carbocycles. The Hall–Kier alpha value is -3.52. The number of nitrogens with zero attached hydrogens (tertiary/aromatic N) is 5. The molecule has 0 saturated carbocycles. The van der Waals surface area contributed by atoms with Crippen molar-refractivity contribution in [3.63, 3.8) is 0 Å². The standard InChI is InChI=1S/C24H25N5O3/c1-31-19-4-2-3-18(15-19)24(30)29-10-7-21-20(16-29)23(28-11-13-32-14-12-28)27-22(26-21)17-5-8-25-9-6-17/h2-6,8-9,15H,7,10-14,16H2,1H3. The molecule has 0 atom stereocenters. The topological polar surface area (TPSA) is 80.7 Å². The first-order chi connectivity index (χ1) is 15.7. The van der Waals surface area contributed by atoms with E-state index in [0.717, 1.165) is 35.7 Å². The van der Waals surface area contributed by atoms with Crippen molar-refractivity contribution in [2.75, 3.05) is 44.9 Å². The fourth-order valence-corrected chi connectivity index (χ4v) is 4.18. The van der Waals surface area contributed by atoms with Crippen molar-refractivity contribution >= 4 is 11.7 Å². The van der Waals surface area contributed by atoms with Gasteiger partial charge in [0.2, 0.25) is 0 Å². The Morgan fingerprint density at radius 3 is 2.66 bits per heavy atom. The minimum absolute atomic E-state index is 0.0133. The average molecular weight is 431 g/mol. The average Bonchev–Trinajstić information content (AvgIpc) is 2.88. The first-order valence-corrected chi connectivity index (χ1v) is 10.8. The number of rotatable bonds is 4. The molecular weight excluding hydrogens is 406 g/mol. The lowest BCUT2D eigenvalue weighted by molar-refractivity contribution is 0.0732. The van der Waals surface area contributed by atoms with E-state index >= 15 is 0 Å². The minimum atomic E-state index is -0.0133. The summed E-state index contributed by atoms with van der Waals surface area (Å²) in [6.07, 6.45) is 4.19. The summed E-state index contributed by atoms with van der Waals surface area (Å²) in [6.45, 7) is 3.95. The fraction of sp³-hybridized carbons (Fsp3) is 0.333. The normalized spacial score (nSPS) is 15.9. The van der Waals surface area contributed by atoms with Crippen molar-refractivity contribution in [1.29, 1.82) is 0 Å². The molecule has 164 valence electrons. The lowest BCUT2D eigenvalue weighted by atomic mass is 10.0. The monoisotopic (exact) mass is 431 g/mol. The molecule has 0 bridgehead atoms. The molecule has 5 rings (SSSR count). The molecule has 2 aromatic heterocycles. The van der Waals surface area contributed by atoms with E-state index in [2.05, 4.69) is 9.88 Å². The Kier molecular flexibility index (Phi) is 5.68. The number of amides is 1. The van der Waals surface area contributed by atoms with Crippen molar-refractivity contribution in [3.8, 4) is 17.1 Å². The number of carbonyl (C=O) groups excluding carboxylic acids is 1. The SMILES string of the molecule is COc1cccc(C(=O)N2CCc3nc(-c4ccncc4)nc(N4CCOCC4)c3C2)c1. The molecule has 8 heteroatoms. The van der Waals surface area contributed by atoms with Gasteiger partial charge in [-0.05, 0) is 30.3 Å². The molecule has 8 nitrogen and oxygen atoms in total. The number of hydrogen-bond acceptors (Lipinski definition) is 7. The van der Waals surface area contributed by atoms with Crippen LogP contribution in [0.25, 0.3) is 11.4 Å². The van der Waals surface area contributed by atoms with Crippen molar-refractivity contribution in [2.24, 2.45) is 0 Å². The zero-order chi connectivity index (χ0) is 21.9. The molecule has 0 radical (unpaired) electrons. The predicted octanol–water partition coefficient (Wildman–Crippen LogP) is 2.58. The van der Waals surface area contributed by atoms with Crippen LogP contribution < -0.4 is 9.64 Å². The summed E-state index contributed by atoms with van der Waals surface area (Å²) in [5.74, 6) is 2.25. The number of benzene rings is 1. The Labute approximate surface area is 186 Å². The first kappa shape index (κ1) is 20.4.